The summed E-state index contributed by atoms with van der Waals surface area (Å²) in [6.45, 7) is 7.41. The van der Waals surface area contributed by atoms with Gasteiger partial charge in [-0.1, -0.05) is 6.08 Å². The van der Waals surface area contributed by atoms with E-state index in [0.717, 1.165) is 0 Å². The summed E-state index contributed by atoms with van der Waals surface area (Å²) >= 11 is 0. The fourth-order valence-corrected chi connectivity index (χ4v) is 1.42. The van der Waals surface area contributed by atoms with Crippen LogP contribution < -0.4 is 5.32 Å². The Bertz CT molecular complexity index is 482. The van der Waals surface area contributed by atoms with Gasteiger partial charge in [-0.3, -0.25) is 9.48 Å². The molecule has 20 heavy (non-hydrogen) atoms. The molecule has 7 nitrogen and oxygen atoms in total. The van der Waals surface area contributed by atoms with Crippen LogP contribution in [0.3, 0.4) is 0 Å². The predicted molar refractivity (Wildman–Crippen MR) is 72.5 cm³/mol. The molecular formula is C13H19N3O4. The summed E-state index contributed by atoms with van der Waals surface area (Å²) in [5.41, 5.74) is 0.175. The van der Waals surface area contributed by atoms with Crippen molar-refractivity contribution < 1.29 is 19.4 Å². The van der Waals surface area contributed by atoms with Gasteiger partial charge in [-0.2, -0.15) is 5.10 Å². The topological polar surface area (TPSA) is 93.5 Å². The standard InChI is InChI=1S/C13H19N3O4/c1-4-7-20-8-11(13(18)19)14-12(17)10-5-6-16(15-10)9(2)3/h4-6,9,11H,1,7-8H2,2-3H3,(H,14,17)(H,18,19). The van der Waals surface area contributed by atoms with E-state index >= 15 is 0 Å². The molecule has 1 amide bonds. The molecule has 0 fully saturated rings. The molecule has 0 aliphatic heterocycles. The average molecular weight is 281 g/mol. The number of carbonyl (C=O) groups excluding carboxylic acids is 1. The molecule has 7 heteroatoms. The van der Waals surface area contributed by atoms with E-state index in [4.69, 9.17) is 9.84 Å². The zero-order valence-corrected chi connectivity index (χ0v) is 11.6. The Balaban J connectivity index is 2.64. The number of carboxylic acids is 1. The summed E-state index contributed by atoms with van der Waals surface area (Å²) < 4.78 is 6.67. The normalized spacial score (nSPS) is 12.2. The van der Waals surface area contributed by atoms with Crippen LogP contribution in [-0.2, 0) is 9.53 Å². The van der Waals surface area contributed by atoms with Gasteiger partial charge >= 0.3 is 5.97 Å². The molecule has 0 aromatic carbocycles. The third-order valence-electron chi connectivity index (χ3n) is 2.49. The number of hydrogen-bond donors (Lipinski definition) is 2. The molecule has 1 atom stereocenters. The van der Waals surface area contributed by atoms with Crippen LogP contribution in [0.1, 0.15) is 30.4 Å². The molecule has 2 N–H and O–H groups in total. The quantitative estimate of drug-likeness (QED) is 0.544. The van der Waals surface area contributed by atoms with Crippen molar-refractivity contribution in [3.63, 3.8) is 0 Å². The van der Waals surface area contributed by atoms with Gasteiger partial charge < -0.3 is 15.2 Å². The summed E-state index contributed by atoms with van der Waals surface area (Å²) in [6.07, 6.45) is 3.18. The van der Waals surface area contributed by atoms with Crippen LogP contribution in [0.15, 0.2) is 24.9 Å². The number of aromatic nitrogens is 2. The molecule has 1 aromatic rings. The number of nitrogens with zero attached hydrogens (tertiary/aromatic N) is 2. The first kappa shape index (κ1) is 15.9. The van der Waals surface area contributed by atoms with Gasteiger partial charge in [-0.25, -0.2) is 4.79 Å². The maximum atomic E-state index is 11.9. The molecule has 0 aliphatic rings. The molecular weight excluding hydrogens is 262 g/mol. The van der Waals surface area contributed by atoms with Crippen molar-refractivity contribution in [1.29, 1.82) is 0 Å². The van der Waals surface area contributed by atoms with Crippen LogP contribution in [-0.4, -0.2) is 46.0 Å². The van der Waals surface area contributed by atoms with Crippen LogP contribution in [0.5, 0.6) is 0 Å². The average Bonchev–Trinajstić information content (AvgIpc) is 2.87. The Kier molecular flexibility index (Phi) is 5.92. The second kappa shape index (κ2) is 7.44. The first-order valence-electron chi connectivity index (χ1n) is 6.23. The first-order chi connectivity index (χ1) is 9.45. The number of carboxylic acid groups (broad SMARTS) is 1. The van der Waals surface area contributed by atoms with Crippen LogP contribution in [0.2, 0.25) is 0 Å². The van der Waals surface area contributed by atoms with E-state index in [1.54, 1.807) is 16.9 Å². The van der Waals surface area contributed by atoms with E-state index in [2.05, 4.69) is 17.0 Å². The lowest BCUT2D eigenvalue weighted by Crippen LogP contribution is -2.44. The second-order valence-electron chi connectivity index (χ2n) is 4.47. The zero-order chi connectivity index (χ0) is 15.1. The Morgan fingerprint density at radius 2 is 2.30 bits per heavy atom. The molecule has 0 saturated heterocycles. The van der Waals surface area contributed by atoms with Crippen molar-refractivity contribution in [2.75, 3.05) is 13.2 Å². The number of rotatable bonds is 8. The summed E-state index contributed by atoms with van der Waals surface area (Å²) in [6, 6.07) is 0.549. The Morgan fingerprint density at radius 3 is 2.80 bits per heavy atom. The van der Waals surface area contributed by atoms with E-state index in [9.17, 15) is 9.59 Å². The highest BCUT2D eigenvalue weighted by atomic mass is 16.5. The lowest BCUT2D eigenvalue weighted by atomic mass is 10.3. The zero-order valence-electron chi connectivity index (χ0n) is 11.6. The molecule has 0 radical (unpaired) electrons. The smallest absolute Gasteiger partial charge is 0.328 e. The van der Waals surface area contributed by atoms with Crippen molar-refractivity contribution >= 4 is 11.9 Å². The largest absolute Gasteiger partial charge is 0.480 e. The minimum atomic E-state index is -1.16. The molecule has 1 unspecified atom stereocenters. The Hall–Kier alpha value is -2.15. The van der Waals surface area contributed by atoms with Gasteiger partial charge in [0.15, 0.2) is 6.04 Å². The molecule has 0 saturated carbocycles. The number of ether oxygens (including phenoxy) is 1. The van der Waals surface area contributed by atoms with Gasteiger partial charge in [0.1, 0.15) is 5.69 Å². The molecule has 1 rings (SSSR count). The minimum absolute atomic E-state index is 0.127. The van der Waals surface area contributed by atoms with Gasteiger partial charge in [0.2, 0.25) is 0 Å². The van der Waals surface area contributed by atoms with Crippen molar-refractivity contribution in [2.45, 2.75) is 25.9 Å². The molecule has 1 heterocycles. The predicted octanol–water partition coefficient (Wildman–Crippen LogP) is 0.850. The Morgan fingerprint density at radius 1 is 1.60 bits per heavy atom. The fourth-order valence-electron chi connectivity index (χ4n) is 1.42. The van der Waals surface area contributed by atoms with Crippen LogP contribution in [0.25, 0.3) is 0 Å². The van der Waals surface area contributed by atoms with E-state index in [1.807, 2.05) is 13.8 Å². The van der Waals surface area contributed by atoms with Gasteiger partial charge in [0, 0.05) is 12.2 Å². The van der Waals surface area contributed by atoms with E-state index < -0.39 is 17.9 Å². The Labute approximate surface area is 117 Å². The first-order valence-corrected chi connectivity index (χ1v) is 6.23. The third-order valence-corrected chi connectivity index (χ3v) is 2.49. The van der Waals surface area contributed by atoms with Crippen molar-refractivity contribution in [3.05, 3.63) is 30.6 Å². The summed E-state index contributed by atoms with van der Waals surface area (Å²) in [4.78, 5) is 22.9. The molecule has 0 spiro atoms. The van der Waals surface area contributed by atoms with Crippen molar-refractivity contribution in [1.82, 2.24) is 15.1 Å². The van der Waals surface area contributed by atoms with Crippen LogP contribution in [0.4, 0.5) is 0 Å². The molecule has 110 valence electrons. The van der Waals surface area contributed by atoms with Crippen molar-refractivity contribution in [3.8, 4) is 0 Å². The highest BCUT2D eigenvalue weighted by molar-refractivity contribution is 5.94. The minimum Gasteiger partial charge on any atom is -0.480 e. The summed E-state index contributed by atoms with van der Waals surface area (Å²) in [5.74, 6) is -1.70. The van der Waals surface area contributed by atoms with Gasteiger partial charge in [0.05, 0.1) is 13.2 Å². The molecule has 0 aliphatic carbocycles. The lowest BCUT2D eigenvalue weighted by Gasteiger charge is -2.13. The SMILES string of the molecule is C=CCOCC(NC(=O)c1ccn(C(C)C)n1)C(=O)O. The van der Waals surface area contributed by atoms with Crippen molar-refractivity contribution in [2.24, 2.45) is 0 Å². The summed E-state index contributed by atoms with van der Waals surface area (Å²) in [5, 5.41) is 15.5. The lowest BCUT2D eigenvalue weighted by molar-refractivity contribution is -0.140. The number of hydrogen-bond acceptors (Lipinski definition) is 4. The second-order valence-corrected chi connectivity index (χ2v) is 4.47. The molecule has 0 bridgehead atoms. The fraction of sp³-hybridized carbons (Fsp3) is 0.462. The van der Waals surface area contributed by atoms with E-state index in [0.29, 0.717) is 0 Å². The number of amides is 1. The highest BCUT2D eigenvalue weighted by Gasteiger charge is 2.22. The van der Waals surface area contributed by atoms with E-state index in [1.165, 1.54) is 6.08 Å². The van der Waals surface area contributed by atoms with Gasteiger partial charge in [-0.05, 0) is 19.9 Å². The number of nitrogens with one attached hydrogen (secondary N) is 1. The highest BCUT2D eigenvalue weighted by Crippen LogP contribution is 2.04. The van der Waals surface area contributed by atoms with Crippen LogP contribution >= 0.6 is 0 Å². The van der Waals surface area contributed by atoms with Gasteiger partial charge in [0.25, 0.3) is 5.91 Å². The molecule has 1 aromatic heterocycles. The van der Waals surface area contributed by atoms with Crippen LogP contribution in [0, 0.1) is 0 Å². The third kappa shape index (κ3) is 4.51. The van der Waals surface area contributed by atoms with E-state index in [-0.39, 0.29) is 24.9 Å². The number of aliphatic carboxylic acids is 1. The maximum Gasteiger partial charge on any atom is 0.328 e. The monoisotopic (exact) mass is 281 g/mol. The number of carbonyl (C=O) groups is 2. The van der Waals surface area contributed by atoms with Gasteiger partial charge in [-0.15, -0.1) is 6.58 Å². The maximum absolute atomic E-state index is 11.9. The summed E-state index contributed by atoms with van der Waals surface area (Å²) in [7, 11) is 0.